The average molecular weight is 581 g/mol. The third-order valence-electron chi connectivity index (χ3n) is 7.20. The van der Waals surface area contributed by atoms with Gasteiger partial charge in [0.2, 0.25) is 0 Å². The molecule has 0 saturated carbocycles. The first-order valence-corrected chi connectivity index (χ1v) is 13.9. The molecule has 0 aliphatic carbocycles. The highest BCUT2D eigenvalue weighted by Crippen LogP contribution is 2.25. The molecule has 216 valence electrons. The molecule has 0 atom stereocenters. The molecule has 5 aromatic carbocycles. The van der Waals surface area contributed by atoms with Crippen LogP contribution in [0.3, 0.4) is 0 Å². The highest BCUT2D eigenvalue weighted by atomic mass is 16.2. The second-order valence-corrected chi connectivity index (χ2v) is 10.1. The van der Waals surface area contributed by atoms with Crippen LogP contribution < -0.4 is 22.3 Å². The molecule has 10 heteroatoms. The monoisotopic (exact) mass is 580 g/mol. The molecule has 0 fully saturated rings. The van der Waals surface area contributed by atoms with Crippen LogP contribution in [0.15, 0.2) is 119 Å². The SMILES string of the molecule is NC(=O)N/N=C(\Cc1nc2ccccc2nc1C/C(=N\NC(N)=O)c1cccc2ccccc12)c1cccc2ccccc12. The lowest BCUT2D eigenvalue weighted by Crippen LogP contribution is -2.27. The summed E-state index contributed by atoms with van der Waals surface area (Å²) in [6.07, 6.45) is 0.432. The summed E-state index contributed by atoms with van der Waals surface area (Å²) in [5, 5.41) is 12.8. The van der Waals surface area contributed by atoms with Crippen molar-refractivity contribution in [2.24, 2.45) is 21.7 Å². The van der Waals surface area contributed by atoms with Gasteiger partial charge in [0.05, 0.1) is 33.8 Å². The summed E-state index contributed by atoms with van der Waals surface area (Å²) in [7, 11) is 0. The number of nitrogens with zero attached hydrogens (tertiary/aromatic N) is 4. The Labute approximate surface area is 252 Å². The van der Waals surface area contributed by atoms with Crippen molar-refractivity contribution in [2.45, 2.75) is 12.8 Å². The first kappa shape index (κ1) is 28.0. The van der Waals surface area contributed by atoms with Crippen molar-refractivity contribution in [2.75, 3.05) is 0 Å². The topological polar surface area (TPSA) is 161 Å². The van der Waals surface area contributed by atoms with Crippen LogP contribution in [-0.4, -0.2) is 33.5 Å². The van der Waals surface area contributed by atoms with E-state index in [1.807, 2.05) is 109 Å². The molecule has 1 aromatic heterocycles. The van der Waals surface area contributed by atoms with Crippen molar-refractivity contribution in [3.8, 4) is 0 Å². The van der Waals surface area contributed by atoms with Gasteiger partial charge in [-0.1, -0.05) is 97.1 Å². The van der Waals surface area contributed by atoms with Crippen LogP contribution in [-0.2, 0) is 12.8 Å². The number of carbonyl (C=O) groups excluding carboxylic acids is 2. The molecule has 0 aliphatic rings. The van der Waals surface area contributed by atoms with Crippen molar-refractivity contribution in [3.63, 3.8) is 0 Å². The molecule has 0 radical (unpaired) electrons. The molecule has 0 unspecified atom stereocenters. The van der Waals surface area contributed by atoms with E-state index in [9.17, 15) is 9.59 Å². The zero-order valence-electron chi connectivity index (χ0n) is 23.6. The molecule has 6 aromatic rings. The fourth-order valence-corrected chi connectivity index (χ4v) is 5.26. The number of hydrogen-bond donors (Lipinski definition) is 4. The number of amides is 4. The number of para-hydroxylation sites is 2. The van der Waals surface area contributed by atoms with Crippen molar-refractivity contribution in [1.29, 1.82) is 0 Å². The summed E-state index contributed by atoms with van der Waals surface area (Å²) in [6.45, 7) is 0. The van der Waals surface area contributed by atoms with Gasteiger partial charge < -0.3 is 11.5 Å². The van der Waals surface area contributed by atoms with E-state index in [1.165, 1.54) is 0 Å². The van der Waals surface area contributed by atoms with E-state index in [2.05, 4.69) is 21.1 Å². The van der Waals surface area contributed by atoms with E-state index in [0.717, 1.165) is 32.7 Å². The van der Waals surface area contributed by atoms with Gasteiger partial charge in [0.25, 0.3) is 0 Å². The van der Waals surface area contributed by atoms with Gasteiger partial charge in [-0.2, -0.15) is 10.2 Å². The molecule has 44 heavy (non-hydrogen) atoms. The minimum Gasteiger partial charge on any atom is -0.350 e. The number of nitrogens with two attached hydrogens (primary N) is 2. The fraction of sp³-hybridized carbons (Fsp3) is 0.0588. The smallest absolute Gasteiger partial charge is 0.332 e. The molecular weight excluding hydrogens is 552 g/mol. The van der Waals surface area contributed by atoms with Crippen LogP contribution in [0.5, 0.6) is 0 Å². The van der Waals surface area contributed by atoms with Gasteiger partial charge in [-0.3, -0.25) is 0 Å². The minimum absolute atomic E-state index is 0.216. The number of fused-ring (bicyclic) bond motifs is 3. The molecule has 1 heterocycles. The molecule has 0 saturated heterocycles. The highest BCUT2D eigenvalue weighted by Gasteiger charge is 2.19. The van der Waals surface area contributed by atoms with Gasteiger partial charge in [0, 0.05) is 24.0 Å². The van der Waals surface area contributed by atoms with E-state index in [4.69, 9.17) is 21.4 Å². The maximum atomic E-state index is 11.7. The van der Waals surface area contributed by atoms with Crippen molar-refractivity contribution in [3.05, 3.63) is 132 Å². The van der Waals surface area contributed by atoms with Crippen LogP contribution in [0.1, 0.15) is 22.5 Å². The minimum atomic E-state index is -0.782. The lowest BCUT2D eigenvalue weighted by atomic mass is 9.95. The molecule has 6 N–H and O–H groups in total. The molecule has 6 rings (SSSR count). The Morgan fingerprint density at radius 1 is 0.545 bits per heavy atom. The largest absolute Gasteiger partial charge is 0.350 e. The second kappa shape index (κ2) is 12.4. The Balaban J connectivity index is 1.50. The highest BCUT2D eigenvalue weighted by molar-refractivity contribution is 6.13. The molecule has 4 amide bonds. The fourth-order valence-electron chi connectivity index (χ4n) is 5.26. The Morgan fingerprint density at radius 3 is 1.36 bits per heavy atom. The maximum absolute atomic E-state index is 11.7. The number of urea groups is 2. The summed E-state index contributed by atoms with van der Waals surface area (Å²) in [4.78, 5) is 33.5. The number of aromatic nitrogens is 2. The van der Waals surface area contributed by atoms with Gasteiger partial charge in [-0.25, -0.2) is 30.4 Å². The summed E-state index contributed by atoms with van der Waals surface area (Å²) in [5.74, 6) is 0. The lowest BCUT2D eigenvalue weighted by Gasteiger charge is -2.15. The van der Waals surface area contributed by atoms with Crippen molar-refractivity contribution < 1.29 is 9.59 Å². The molecule has 10 nitrogen and oxygen atoms in total. The third-order valence-corrected chi connectivity index (χ3v) is 7.20. The third kappa shape index (κ3) is 6.04. The standard InChI is InChI=1S/C34H28N8O2/c35-33(43)41-39-29(25-15-7-11-21-9-1-3-13-23(21)25)19-31-32(38-28-18-6-5-17-27(28)37-31)20-30(40-42-34(36)44)26-16-8-12-22-10-2-4-14-24(22)26/h1-18H,19-20H2,(H3,35,41,43)(H3,36,42,44)/b39-29+,40-30+. The van der Waals surface area contributed by atoms with E-state index < -0.39 is 12.1 Å². The Morgan fingerprint density at radius 2 is 0.932 bits per heavy atom. The van der Waals surface area contributed by atoms with Crippen LogP contribution in [0.2, 0.25) is 0 Å². The van der Waals surface area contributed by atoms with E-state index in [-0.39, 0.29) is 12.8 Å². The number of primary amides is 2. The quantitative estimate of drug-likeness (QED) is 0.144. The summed E-state index contributed by atoms with van der Waals surface area (Å²) < 4.78 is 0. The summed E-state index contributed by atoms with van der Waals surface area (Å²) >= 11 is 0. The van der Waals surface area contributed by atoms with Gasteiger partial charge >= 0.3 is 12.1 Å². The van der Waals surface area contributed by atoms with Gasteiger partial charge in [-0.05, 0) is 33.7 Å². The van der Waals surface area contributed by atoms with Crippen molar-refractivity contribution in [1.82, 2.24) is 20.8 Å². The number of carbonyl (C=O) groups is 2. The predicted molar refractivity (Wildman–Crippen MR) is 173 cm³/mol. The average Bonchev–Trinajstić information content (AvgIpc) is 3.04. The van der Waals surface area contributed by atoms with Gasteiger partial charge in [0.1, 0.15) is 0 Å². The molecule has 0 bridgehead atoms. The van der Waals surface area contributed by atoms with Gasteiger partial charge in [0.15, 0.2) is 0 Å². The van der Waals surface area contributed by atoms with Crippen molar-refractivity contribution >= 4 is 56.1 Å². The van der Waals surface area contributed by atoms with E-state index in [1.54, 1.807) is 0 Å². The summed E-state index contributed by atoms with van der Waals surface area (Å²) in [6, 6.07) is 33.6. The first-order valence-electron chi connectivity index (χ1n) is 13.9. The van der Waals surface area contributed by atoms with Gasteiger partial charge in [-0.15, -0.1) is 0 Å². The number of hydrazone groups is 2. The normalized spacial score (nSPS) is 12.0. The number of hydrogen-bond acceptors (Lipinski definition) is 6. The zero-order chi connectivity index (χ0) is 30.5. The first-order chi connectivity index (χ1) is 21.5. The van der Waals surface area contributed by atoms with E-state index in [0.29, 0.717) is 33.8 Å². The molecular formula is C34H28N8O2. The predicted octanol–water partition coefficient (Wildman–Crippen LogP) is 5.17. The Bertz CT molecular complexity index is 1940. The lowest BCUT2D eigenvalue weighted by molar-refractivity contribution is 0.248. The summed E-state index contributed by atoms with van der Waals surface area (Å²) in [5.41, 5.74) is 21.0. The molecule has 0 aliphatic heterocycles. The van der Waals surface area contributed by atoms with Crippen LogP contribution in [0.4, 0.5) is 9.59 Å². The second-order valence-electron chi connectivity index (χ2n) is 10.1. The maximum Gasteiger partial charge on any atom is 0.332 e. The van der Waals surface area contributed by atoms with E-state index >= 15 is 0 Å². The van der Waals surface area contributed by atoms with Crippen LogP contribution in [0.25, 0.3) is 32.6 Å². The zero-order valence-corrected chi connectivity index (χ0v) is 23.6. The Kier molecular flexibility index (Phi) is 7.87. The number of benzene rings is 5. The van der Waals surface area contributed by atoms with Crippen LogP contribution >= 0.6 is 0 Å². The molecule has 0 spiro atoms. The van der Waals surface area contributed by atoms with Crippen LogP contribution in [0, 0.1) is 0 Å². The Hall–Kier alpha value is -6.16. The number of rotatable bonds is 8. The number of nitrogens with one attached hydrogen (secondary N) is 2.